The van der Waals surface area contributed by atoms with E-state index in [2.05, 4.69) is 34.6 Å². The Bertz CT molecular complexity index is 178. The van der Waals surface area contributed by atoms with E-state index in [-0.39, 0.29) is 0 Å². The molecule has 0 aliphatic carbocycles. The van der Waals surface area contributed by atoms with Crippen molar-refractivity contribution in [3.8, 4) is 0 Å². The molecule has 2 atom stereocenters. The fraction of sp³-hybridized carbons (Fsp3) is 1.00. The third-order valence-corrected chi connectivity index (χ3v) is 7.34. The molecule has 0 aromatic heterocycles. The van der Waals surface area contributed by atoms with E-state index in [4.69, 9.17) is 20.5 Å². The van der Waals surface area contributed by atoms with Gasteiger partial charge in [0, 0.05) is 18.1 Å². The Labute approximate surface area is 113 Å². The van der Waals surface area contributed by atoms with Crippen LogP contribution in [0.1, 0.15) is 53.9 Å². The molecule has 2 unspecified atom stereocenters. The minimum absolute atomic E-state index is 0.293. The van der Waals surface area contributed by atoms with Crippen LogP contribution in [-0.4, -0.2) is 26.6 Å². The van der Waals surface area contributed by atoms with Gasteiger partial charge in [-0.2, -0.15) is 0 Å². The highest BCUT2D eigenvalue weighted by Gasteiger charge is 2.37. The summed E-state index contributed by atoms with van der Waals surface area (Å²) in [6, 6.07) is 2.03. The van der Waals surface area contributed by atoms with E-state index < -0.39 is 8.56 Å². The van der Waals surface area contributed by atoms with Gasteiger partial charge in [-0.3, -0.25) is 0 Å². The first-order valence-electron chi connectivity index (χ1n) is 6.95. The monoisotopic (exact) mass is 280 g/mol. The van der Waals surface area contributed by atoms with Crippen LogP contribution in [0, 0.1) is 0 Å². The molecule has 0 N–H and O–H groups in total. The number of rotatable bonds is 10. The number of hydrogen-bond donors (Lipinski definition) is 0. The van der Waals surface area contributed by atoms with Gasteiger partial charge >= 0.3 is 8.56 Å². The highest BCUT2D eigenvalue weighted by atomic mass is 35.5. The van der Waals surface area contributed by atoms with Crippen molar-refractivity contribution in [3.05, 3.63) is 0 Å². The lowest BCUT2D eigenvalue weighted by Gasteiger charge is -2.35. The minimum Gasteiger partial charge on any atom is -0.391 e. The van der Waals surface area contributed by atoms with Crippen molar-refractivity contribution >= 4 is 20.2 Å². The molecule has 0 amide bonds. The molecule has 0 aliphatic rings. The van der Waals surface area contributed by atoms with Gasteiger partial charge in [0.2, 0.25) is 0 Å². The number of alkyl halides is 1. The molecule has 0 fully saturated rings. The molecule has 0 bridgehead atoms. The third kappa shape index (κ3) is 6.80. The summed E-state index contributed by atoms with van der Waals surface area (Å²) < 4.78 is 12.5. The maximum atomic E-state index is 6.27. The zero-order valence-electron chi connectivity index (χ0n) is 12.1. The van der Waals surface area contributed by atoms with Gasteiger partial charge in [-0.1, -0.05) is 20.8 Å². The Kier molecular flexibility index (Phi) is 9.60. The maximum absolute atomic E-state index is 6.27. The third-order valence-electron chi connectivity index (χ3n) is 3.21. The van der Waals surface area contributed by atoms with Crippen LogP contribution in [0.3, 0.4) is 0 Å². The van der Waals surface area contributed by atoms with Crippen molar-refractivity contribution in [2.45, 2.75) is 78.2 Å². The molecule has 0 saturated heterocycles. The van der Waals surface area contributed by atoms with Crippen molar-refractivity contribution in [2.24, 2.45) is 0 Å². The smallest absolute Gasteiger partial charge is 0.338 e. The first-order chi connectivity index (χ1) is 8.03. The second-order valence-electron chi connectivity index (χ2n) is 4.73. The van der Waals surface area contributed by atoms with Crippen LogP contribution in [0.4, 0.5) is 0 Å². The Morgan fingerprint density at radius 2 is 1.47 bits per heavy atom. The predicted octanol–water partition coefficient (Wildman–Crippen LogP) is 4.71. The van der Waals surface area contributed by atoms with Gasteiger partial charge in [-0.05, 0) is 45.2 Å². The lowest BCUT2D eigenvalue weighted by molar-refractivity contribution is 0.0872. The second kappa shape index (κ2) is 9.37. The molecule has 2 nitrogen and oxygen atoms in total. The predicted molar refractivity (Wildman–Crippen MR) is 78.1 cm³/mol. The van der Waals surface area contributed by atoms with Gasteiger partial charge < -0.3 is 8.85 Å². The highest BCUT2D eigenvalue weighted by molar-refractivity contribution is 6.67. The van der Waals surface area contributed by atoms with Crippen molar-refractivity contribution < 1.29 is 8.85 Å². The van der Waals surface area contributed by atoms with E-state index in [1.807, 2.05) is 0 Å². The molecule has 0 heterocycles. The fourth-order valence-electron chi connectivity index (χ4n) is 1.73. The molecule has 0 rings (SSSR count). The minimum atomic E-state index is -2.04. The van der Waals surface area contributed by atoms with Crippen LogP contribution in [-0.2, 0) is 8.85 Å². The standard InChI is InChI=1S/C13H29ClO2Si/c1-6-12(4)15-17(8-3,11-9-10-14)16-13(5)7-2/h12-13H,6-11H2,1-5H3. The SMILES string of the molecule is CCC(C)O[Si](CC)(CCCCl)OC(C)CC. The lowest BCUT2D eigenvalue weighted by Crippen LogP contribution is -2.46. The molecule has 17 heavy (non-hydrogen) atoms. The molecule has 0 spiro atoms. The Morgan fingerprint density at radius 3 is 1.76 bits per heavy atom. The topological polar surface area (TPSA) is 18.5 Å². The van der Waals surface area contributed by atoms with Crippen LogP contribution in [0.15, 0.2) is 0 Å². The fourth-order valence-corrected chi connectivity index (χ4v) is 5.58. The summed E-state index contributed by atoms with van der Waals surface area (Å²) in [6.07, 6.45) is 3.66. The van der Waals surface area contributed by atoms with Gasteiger partial charge in [-0.15, -0.1) is 11.6 Å². The van der Waals surface area contributed by atoms with E-state index in [0.717, 1.165) is 31.4 Å². The Morgan fingerprint density at radius 1 is 1.00 bits per heavy atom. The summed E-state index contributed by atoms with van der Waals surface area (Å²) in [5.41, 5.74) is 0. The molecule has 0 aromatic carbocycles. The molecular formula is C13H29ClO2Si. The van der Waals surface area contributed by atoms with Crippen molar-refractivity contribution in [1.82, 2.24) is 0 Å². The highest BCUT2D eigenvalue weighted by Crippen LogP contribution is 2.26. The van der Waals surface area contributed by atoms with Gasteiger partial charge in [0.25, 0.3) is 0 Å². The normalized spacial score (nSPS) is 18.7. The summed E-state index contributed by atoms with van der Waals surface area (Å²) in [5, 5.41) is 0. The van der Waals surface area contributed by atoms with Crippen LogP contribution in [0.25, 0.3) is 0 Å². The molecule has 104 valence electrons. The first kappa shape index (κ1) is 17.4. The molecule has 0 aliphatic heterocycles. The Balaban J connectivity index is 4.60. The van der Waals surface area contributed by atoms with Crippen molar-refractivity contribution in [3.63, 3.8) is 0 Å². The van der Waals surface area contributed by atoms with Gasteiger partial charge in [0.1, 0.15) is 0 Å². The molecule has 0 aromatic rings. The van der Waals surface area contributed by atoms with E-state index in [0.29, 0.717) is 18.1 Å². The van der Waals surface area contributed by atoms with Crippen LogP contribution in [0.2, 0.25) is 12.1 Å². The van der Waals surface area contributed by atoms with E-state index in [9.17, 15) is 0 Å². The van der Waals surface area contributed by atoms with Gasteiger partial charge in [0.05, 0.1) is 0 Å². The second-order valence-corrected chi connectivity index (χ2v) is 8.61. The van der Waals surface area contributed by atoms with Crippen LogP contribution < -0.4 is 0 Å². The number of halogens is 1. The zero-order valence-corrected chi connectivity index (χ0v) is 13.8. The largest absolute Gasteiger partial charge is 0.391 e. The van der Waals surface area contributed by atoms with Crippen molar-refractivity contribution in [1.29, 1.82) is 0 Å². The average molecular weight is 281 g/mol. The van der Waals surface area contributed by atoms with E-state index in [1.54, 1.807) is 0 Å². The molecule has 4 heteroatoms. The first-order valence-corrected chi connectivity index (χ1v) is 9.71. The van der Waals surface area contributed by atoms with Gasteiger partial charge in [0.15, 0.2) is 0 Å². The summed E-state index contributed by atoms with van der Waals surface area (Å²) in [5.74, 6) is 0.697. The zero-order chi connectivity index (χ0) is 13.3. The molecule has 0 radical (unpaired) electrons. The lowest BCUT2D eigenvalue weighted by atomic mass is 10.3. The molecule has 0 saturated carbocycles. The maximum Gasteiger partial charge on any atom is 0.338 e. The van der Waals surface area contributed by atoms with Crippen molar-refractivity contribution in [2.75, 3.05) is 5.88 Å². The molecular weight excluding hydrogens is 252 g/mol. The van der Waals surface area contributed by atoms with Gasteiger partial charge in [-0.25, -0.2) is 0 Å². The summed E-state index contributed by atoms with van der Waals surface area (Å²) in [4.78, 5) is 0. The number of hydrogen-bond acceptors (Lipinski definition) is 2. The average Bonchev–Trinajstić information content (AvgIpc) is 2.35. The van der Waals surface area contributed by atoms with E-state index in [1.165, 1.54) is 0 Å². The summed E-state index contributed by atoms with van der Waals surface area (Å²) >= 11 is 5.82. The Hall–Kier alpha value is 0.427. The van der Waals surface area contributed by atoms with Crippen LogP contribution in [0.5, 0.6) is 0 Å². The summed E-state index contributed by atoms with van der Waals surface area (Å²) in [6.45, 7) is 10.8. The van der Waals surface area contributed by atoms with E-state index >= 15 is 0 Å². The quantitative estimate of drug-likeness (QED) is 0.426. The van der Waals surface area contributed by atoms with Crippen LogP contribution >= 0.6 is 11.6 Å². The summed E-state index contributed by atoms with van der Waals surface area (Å²) in [7, 11) is -2.04.